The highest BCUT2D eigenvalue weighted by Gasteiger charge is 2.62. The number of hydrogen-bond acceptors (Lipinski definition) is 4. The molecule has 4 saturated carbocycles. The second-order valence-electron chi connectivity index (χ2n) is 8.39. The summed E-state index contributed by atoms with van der Waals surface area (Å²) in [7, 11) is 0. The number of nitrogens with zero attached hydrogens (tertiary/aromatic N) is 2. The van der Waals surface area contributed by atoms with Gasteiger partial charge in [-0.3, -0.25) is 4.79 Å². The van der Waals surface area contributed by atoms with Gasteiger partial charge < -0.3 is 4.52 Å². The van der Waals surface area contributed by atoms with E-state index in [1.807, 2.05) is 0 Å². The lowest BCUT2D eigenvalue weighted by molar-refractivity contribution is -0.113. The van der Waals surface area contributed by atoms with E-state index in [0.717, 1.165) is 24.6 Å². The van der Waals surface area contributed by atoms with E-state index in [1.54, 1.807) is 0 Å². The average Bonchev–Trinajstić information content (AvgIpc) is 2.72. The van der Waals surface area contributed by atoms with E-state index in [-0.39, 0.29) is 17.1 Å². The van der Waals surface area contributed by atoms with E-state index in [9.17, 15) is 4.79 Å². The van der Waals surface area contributed by atoms with Gasteiger partial charge in [-0.05, 0) is 55.3 Å². The molecule has 2 unspecified atom stereocenters. The quantitative estimate of drug-likeness (QED) is 0.774. The Morgan fingerprint density at radius 2 is 1.80 bits per heavy atom. The molecule has 0 aliphatic heterocycles. The first-order valence-electron chi connectivity index (χ1n) is 7.67. The van der Waals surface area contributed by atoms with Crippen LogP contribution in [0.2, 0.25) is 0 Å². The summed E-state index contributed by atoms with van der Waals surface area (Å²) < 4.78 is 5.17. The van der Waals surface area contributed by atoms with Crippen molar-refractivity contribution in [2.75, 3.05) is 0 Å². The Kier molecular flexibility index (Phi) is 2.21. The van der Waals surface area contributed by atoms with Crippen LogP contribution in [0.3, 0.4) is 0 Å². The first kappa shape index (κ1) is 12.5. The van der Waals surface area contributed by atoms with Crippen molar-refractivity contribution < 1.29 is 9.32 Å². The standard InChI is InChI=1S/C16H22N2O2/c1-10(19)12-17-13(18-20-12)16-6-11-4-14(2,8-16)7-15(3,5-11)9-16/h11H,4-9H2,1-3H3. The smallest absolute Gasteiger partial charge is 0.293 e. The van der Waals surface area contributed by atoms with Gasteiger partial charge in [-0.1, -0.05) is 19.0 Å². The van der Waals surface area contributed by atoms with Crippen LogP contribution in [0.5, 0.6) is 0 Å². The van der Waals surface area contributed by atoms with E-state index in [4.69, 9.17) is 4.52 Å². The lowest BCUT2D eigenvalue weighted by Gasteiger charge is -2.64. The molecular weight excluding hydrogens is 252 g/mol. The summed E-state index contributed by atoms with van der Waals surface area (Å²) in [5, 5.41) is 4.18. The zero-order valence-corrected chi connectivity index (χ0v) is 12.5. The van der Waals surface area contributed by atoms with Crippen LogP contribution in [0.25, 0.3) is 0 Å². The number of carbonyl (C=O) groups excluding carboxylic acids is 1. The maximum absolute atomic E-state index is 11.4. The van der Waals surface area contributed by atoms with Crippen LogP contribution in [0.4, 0.5) is 0 Å². The molecule has 0 amide bonds. The third-order valence-electron chi connectivity index (χ3n) is 5.83. The number of Topliss-reactive ketones (excluding diaryl/α,β-unsaturated/α-hetero) is 1. The van der Waals surface area contributed by atoms with Crippen molar-refractivity contribution >= 4 is 5.78 Å². The molecule has 20 heavy (non-hydrogen) atoms. The first-order valence-corrected chi connectivity index (χ1v) is 7.67. The highest BCUT2D eigenvalue weighted by molar-refractivity contribution is 5.89. The van der Waals surface area contributed by atoms with E-state index in [1.165, 1.54) is 32.6 Å². The topological polar surface area (TPSA) is 56.0 Å². The third-order valence-corrected chi connectivity index (χ3v) is 5.83. The Morgan fingerprint density at radius 1 is 1.15 bits per heavy atom. The highest BCUT2D eigenvalue weighted by Crippen LogP contribution is 2.69. The van der Waals surface area contributed by atoms with Gasteiger partial charge in [0.2, 0.25) is 5.78 Å². The van der Waals surface area contributed by atoms with Gasteiger partial charge >= 0.3 is 0 Å². The molecule has 1 heterocycles. The minimum absolute atomic E-state index is 0.0557. The summed E-state index contributed by atoms with van der Waals surface area (Å²) in [6, 6.07) is 0. The number of ketones is 1. The van der Waals surface area contributed by atoms with Gasteiger partial charge in [-0.15, -0.1) is 0 Å². The highest BCUT2D eigenvalue weighted by atomic mass is 16.5. The maximum Gasteiger partial charge on any atom is 0.293 e. The van der Waals surface area contributed by atoms with Gasteiger partial charge in [0.1, 0.15) is 0 Å². The van der Waals surface area contributed by atoms with Crippen molar-refractivity contribution in [2.45, 2.75) is 64.7 Å². The molecule has 0 spiro atoms. The van der Waals surface area contributed by atoms with Crippen molar-refractivity contribution in [3.05, 3.63) is 11.7 Å². The molecule has 0 N–H and O–H groups in total. The van der Waals surface area contributed by atoms with Crippen LogP contribution >= 0.6 is 0 Å². The monoisotopic (exact) mass is 274 g/mol. The maximum atomic E-state index is 11.4. The molecule has 0 radical (unpaired) electrons. The van der Waals surface area contributed by atoms with Crippen LogP contribution in [0.15, 0.2) is 4.52 Å². The zero-order valence-electron chi connectivity index (χ0n) is 12.5. The fraction of sp³-hybridized carbons (Fsp3) is 0.812. The van der Waals surface area contributed by atoms with Crippen molar-refractivity contribution in [1.29, 1.82) is 0 Å². The van der Waals surface area contributed by atoms with Crippen LogP contribution in [-0.2, 0) is 5.41 Å². The van der Waals surface area contributed by atoms with E-state index < -0.39 is 0 Å². The summed E-state index contributed by atoms with van der Waals surface area (Å²) in [6.07, 6.45) is 7.51. The Bertz CT molecular complexity index is 573. The lowest BCUT2D eigenvalue weighted by atomic mass is 9.40. The molecule has 108 valence electrons. The van der Waals surface area contributed by atoms with E-state index in [2.05, 4.69) is 24.0 Å². The van der Waals surface area contributed by atoms with Gasteiger partial charge in [0, 0.05) is 12.3 Å². The molecule has 1 aromatic rings. The fourth-order valence-electron chi connectivity index (χ4n) is 6.28. The molecule has 0 saturated heterocycles. The Morgan fingerprint density at radius 3 is 2.30 bits per heavy atom. The minimum atomic E-state index is -0.133. The largest absolute Gasteiger partial charge is 0.331 e. The molecule has 4 heteroatoms. The summed E-state index contributed by atoms with van der Waals surface area (Å²) >= 11 is 0. The average molecular weight is 274 g/mol. The molecule has 0 aromatic carbocycles. The van der Waals surface area contributed by atoms with Crippen molar-refractivity contribution in [1.82, 2.24) is 10.1 Å². The Labute approximate surface area is 119 Å². The summed E-state index contributed by atoms with van der Waals surface area (Å²) in [5.41, 5.74) is 0.899. The third kappa shape index (κ3) is 1.63. The van der Waals surface area contributed by atoms with Gasteiger partial charge in [-0.2, -0.15) is 4.98 Å². The summed E-state index contributed by atoms with van der Waals surface area (Å²) in [4.78, 5) is 15.9. The lowest BCUT2D eigenvalue weighted by Crippen LogP contribution is -2.57. The molecular formula is C16H22N2O2. The number of aromatic nitrogens is 2. The van der Waals surface area contributed by atoms with Crippen molar-refractivity contribution in [3.8, 4) is 0 Å². The summed E-state index contributed by atoms with van der Waals surface area (Å²) in [6.45, 7) is 6.34. The van der Waals surface area contributed by atoms with Gasteiger partial charge in [0.05, 0.1) is 0 Å². The second-order valence-corrected chi connectivity index (χ2v) is 8.39. The molecule has 4 aliphatic carbocycles. The van der Waals surface area contributed by atoms with Crippen molar-refractivity contribution in [2.24, 2.45) is 16.7 Å². The van der Waals surface area contributed by atoms with Gasteiger partial charge in [-0.25, -0.2) is 0 Å². The molecule has 5 rings (SSSR count). The van der Waals surface area contributed by atoms with Crippen LogP contribution in [0, 0.1) is 16.7 Å². The predicted octanol–water partition coefficient (Wildman–Crippen LogP) is 3.52. The molecule has 2 atom stereocenters. The second kappa shape index (κ2) is 3.52. The van der Waals surface area contributed by atoms with Crippen molar-refractivity contribution in [3.63, 3.8) is 0 Å². The van der Waals surface area contributed by atoms with Gasteiger partial charge in [0.25, 0.3) is 5.89 Å². The molecule has 4 bridgehead atoms. The van der Waals surface area contributed by atoms with Gasteiger partial charge in [0.15, 0.2) is 5.82 Å². The van der Waals surface area contributed by atoms with Crippen LogP contribution in [-0.4, -0.2) is 15.9 Å². The summed E-state index contributed by atoms with van der Waals surface area (Å²) in [5.74, 6) is 1.63. The number of carbonyl (C=O) groups is 1. The SMILES string of the molecule is CC(=O)c1nc(C23CC4CC(C)(CC(C)(C4)C2)C3)no1. The molecule has 4 nitrogen and oxygen atoms in total. The van der Waals surface area contributed by atoms with E-state index in [0.29, 0.717) is 10.8 Å². The Hall–Kier alpha value is -1.19. The molecule has 4 fully saturated rings. The Balaban J connectivity index is 1.78. The predicted molar refractivity (Wildman–Crippen MR) is 73.4 cm³/mol. The van der Waals surface area contributed by atoms with Crippen LogP contribution < -0.4 is 0 Å². The molecule has 1 aromatic heterocycles. The molecule has 4 aliphatic rings. The minimum Gasteiger partial charge on any atom is -0.331 e. The number of hydrogen-bond donors (Lipinski definition) is 0. The van der Waals surface area contributed by atoms with E-state index >= 15 is 0 Å². The van der Waals surface area contributed by atoms with Crippen LogP contribution in [0.1, 0.15) is 75.8 Å². The zero-order chi connectivity index (χ0) is 14.2. The number of rotatable bonds is 2. The first-order chi connectivity index (χ1) is 9.32. The fourth-order valence-corrected chi connectivity index (χ4v) is 6.28. The normalized spacial score (nSPS) is 45.9.